The van der Waals surface area contributed by atoms with Crippen molar-refractivity contribution in [1.82, 2.24) is 14.7 Å². The summed E-state index contributed by atoms with van der Waals surface area (Å²) in [5.41, 5.74) is 2.25. The zero-order valence-corrected chi connectivity index (χ0v) is 17.7. The molecule has 27 heavy (non-hydrogen) atoms. The van der Waals surface area contributed by atoms with Crippen LogP contribution in [0, 0.1) is 19.8 Å². The third kappa shape index (κ3) is 5.41. The van der Waals surface area contributed by atoms with E-state index in [2.05, 4.69) is 25.9 Å². The predicted octanol–water partition coefficient (Wildman–Crippen LogP) is 3.53. The summed E-state index contributed by atoms with van der Waals surface area (Å²) in [5, 5.41) is 4.45. The molecule has 1 aromatic rings. The molecule has 152 valence electrons. The molecule has 1 amide bonds. The van der Waals surface area contributed by atoms with Crippen molar-refractivity contribution in [3.8, 4) is 0 Å². The number of aryl methyl sites for hydroxylation is 2. The van der Waals surface area contributed by atoms with Gasteiger partial charge in [-0.1, -0.05) is 33.6 Å². The fraction of sp³-hybridized carbons (Fsp3) is 0.762. The first-order chi connectivity index (χ1) is 12.7. The molecule has 0 radical (unpaired) electrons. The van der Waals surface area contributed by atoms with Crippen LogP contribution in [0.5, 0.6) is 0 Å². The van der Waals surface area contributed by atoms with Crippen molar-refractivity contribution in [1.29, 1.82) is 0 Å². The maximum absolute atomic E-state index is 12.9. The Kier molecular flexibility index (Phi) is 7.59. The Bertz CT molecular complexity index is 666. The van der Waals surface area contributed by atoms with E-state index in [0.717, 1.165) is 30.7 Å². The number of carbonyl (C=O) groups is 2. The van der Waals surface area contributed by atoms with Gasteiger partial charge >= 0.3 is 0 Å². The average molecular weight is 378 g/mol. The highest BCUT2D eigenvalue weighted by atomic mass is 16.5. The van der Waals surface area contributed by atoms with Crippen LogP contribution in [0.25, 0.3) is 0 Å². The SMILES string of the molecule is CCCC[C@@H]1CN(C(=O)CCn2nc(C)c(C(C)=O)c2C)C[C@H](C(C)C)O1. The summed E-state index contributed by atoms with van der Waals surface area (Å²) in [4.78, 5) is 26.6. The van der Waals surface area contributed by atoms with Gasteiger partial charge in [-0.2, -0.15) is 5.10 Å². The number of rotatable bonds is 8. The zero-order chi connectivity index (χ0) is 20.1. The van der Waals surface area contributed by atoms with Gasteiger partial charge in [0, 0.05) is 31.7 Å². The molecule has 0 N–H and O–H groups in total. The Balaban J connectivity index is 2.01. The quantitative estimate of drug-likeness (QED) is 0.650. The monoisotopic (exact) mass is 377 g/mol. The second kappa shape index (κ2) is 9.49. The van der Waals surface area contributed by atoms with Crippen molar-refractivity contribution in [2.75, 3.05) is 13.1 Å². The van der Waals surface area contributed by atoms with E-state index in [1.807, 2.05) is 18.7 Å². The minimum atomic E-state index is 0.0225. The van der Waals surface area contributed by atoms with E-state index < -0.39 is 0 Å². The van der Waals surface area contributed by atoms with Crippen molar-refractivity contribution < 1.29 is 14.3 Å². The molecule has 2 heterocycles. The van der Waals surface area contributed by atoms with Crippen LogP contribution in [0.3, 0.4) is 0 Å². The molecule has 0 bridgehead atoms. The highest BCUT2D eigenvalue weighted by molar-refractivity contribution is 5.96. The highest BCUT2D eigenvalue weighted by Gasteiger charge is 2.31. The van der Waals surface area contributed by atoms with E-state index in [4.69, 9.17) is 4.74 Å². The van der Waals surface area contributed by atoms with Crippen LogP contribution in [0.2, 0.25) is 0 Å². The van der Waals surface area contributed by atoms with Crippen LogP contribution >= 0.6 is 0 Å². The van der Waals surface area contributed by atoms with Gasteiger partial charge < -0.3 is 9.64 Å². The molecule has 2 rings (SSSR count). The predicted molar refractivity (Wildman–Crippen MR) is 106 cm³/mol. The summed E-state index contributed by atoms with van der Waals surface area (Å²) < 4.78 is 8.00. The second-order valence-corrected chi connectivity index (χ2v) is 8.06. The smallest absolute Gasteiger partial charge is 0.224 e. The third-order valence-electron chi connectivity index (χ3n) is 5.44. The van der Waals surface area contributed by atoms with Gasteiger partial charge in [-0.05, 0) is 33.1 Å². The molecule has 0 saturated carbocycles. The fourth-order valence-corrected chi connectivity index (χ4v) is 3.82. The number of morpholine rings is 1. The number of nitrogens with zero attached hydrogens (tertiary/aromatic N) is 3. The molecular weight excluding hydrogens is 342 g/mol. The Morgan fingerprint density at radius 3 is 2.52 bits per heavy atom. The van der Waals surface area contributed by atoms with Crippen LogP contribution in [-0.4, -0.2) is 51.7 Å². The molecule has 0 aliphatic carbocycles. The molecule has 1 aliphatic heterocycles. The normalized spacial score (nSPS) is 20.3. The van der Waals surface area contributed by atoms with E-state index in [-0.39, 0.29) is 23.9 Å². The lowest BCUT2D eigenvalue weighted by Crippen LogP contribution is -2.51. The highest BCUT2D eigenvalue weighted by Crippen LogP contribution is 2.22. The van der Waals surface area contributed by atoms with Crippen molar-refractivity contribution in [3.63, 3.8) is 0 Å². The van der Waals surface area contributed by atoms with Crippen LogP contribution < -0.4 is 0 Å². The molecule has 0 unspecified atom stereocenters. The van der Waals surface area contributed by atoms with Crippen LogP contribution in [0.4, 0.5) is 0 Å². The third-order valence-corrected chi connectivity index (χ3v) is 5.44. The van der Waals surface area contributed by atoms with Gasteiger partial charge in [0.15, 0.2) is 5.78 Å². The number of Topliss-reactive ketones (excluding diaryl/α,β-unsaturated/α-hetero) is 1. The number of ketones is 1. The van der Waals surface area contributed by atoms with Gasteiger partial charge in [-0.15, -0.1) is 0 Å². The molecule has 6 heteroatoms. The molecule has 1 aromatic heterocycles. The fourth-order valence-electron chi connectivity index (χ4n) is 3.82. The lowest BCUT2D eigenvalue weighted by Gasteiger charge is -2.40. The van der Waals surface area contributed by atoms with E-state index in [1.165, 1.54) is 0 Å². The van der Waals surface area contributed by atoms with Crippen LogP contribution in [-0.2, 0) is 16.1 Å². The van der Waals surface area contributed by atoms with Gasteiger partial charge in [-0.3, -0.25) is 14.3 Å². The Morgan fingerprint density at radius 1 is 1.26 bits per heavy atom. The Hall–Kier alpha value is -1.69. The topological polar surface area (TPSA) is 64.4 Å². The van der Waals surface area contributed by atoms with Crippen molar-refractivity contribution in [2.24, 2.45) is 5.92 Å². The van der Waals surface area contributed by atoms with E-state index >= 15 is 0 Å². The summed E-state index contributed by atoms with van der Waals surface area (Å²) in [7, 11) is 0. The molecular formula is C21H35N3O3. The maximum atomic E-state index is 12.9. The number of amides is 1. The summed E-state index contributed by atoms with van der Waals surface area (Å²) in [5.74, 6) is 0.551. The van der Waals surface area contributed by atoms with Crippen LogP contribution in [0.1, 0.15) is 75.1 Å². The average Bonchev–Trinajstić information content (AvgIpc) is 2.91. The second-order valence-electron chi connectivity index (χ2n) is 8.06. The molecule has 0 aromatic carbocycles. The van der Waals surface area contributed by atoms with Crippen LogP contribution in [0.15, 0.2) is 0 Å². The van der Waals surface area contributed by atoms with Gasteiger partial charge in [0.25, 0.3) is 0 Å². The van der Waals surface area contributed by atoms with Gasteiger partial charge in [0.05, 0.1) is 23.5 Å². The number of hydrogen-bond donors (Lipinski definition) is 0. The zero-order valence-electron chi connectivity index (χ0n) is 17.7. The minimum absolute atomic E-state index is 0.0225. The summed E-state index contributed by atoms with van der Waals surface area (Å²) in [6.07, 6.45) is 3.89. The number of carbonyl (C=O) groups excluding carboxylic acids is 2. The largest absolute Gasteiger partial charge is 0.371 e. The Morgan fingerprint density at radius 2 is 1.96 bits per heavy atom. The van der Waals surface area contributed by atoms with Crippen molar-refractivity contribution >= 4 is 11.7 Å². The Labute approximate surface area is 163 Å². The molecule has 1 fully saturated rings. The van der Waals surface area contributed by atoms with E-state index in [1.54, 1.807) is 11.6 Å². The maximum Gasteiger partial charge on any atom is 0.224 e. The van der Waals surface area contributed by atoms with Crippen molar-refractivity contribution in [2.45, 2.75) is 86.0 Å². The first-order valence-electron chi connectivity index (χ1n) is 10.2. The van der Waals surface area contributed by atoms with Gasteiger partial charge in [-0.25, -0.2) is 0 Å². The lowest BCUT2D eigenvalue weighted by atomic mass is 10.0. The van der Waals surface area contributed by atoms with Gasteiger partial charge in [0.2, 0.25) is 5.91 Å². The molecule has 1 saturated heterocycles. The van der Waals surface area contributed by atoms with E-state index in [0.29, 0.717) is 37.5 Å². The van der Waals surface area contributed by atoms with Crippen molar-refractivity contribution in [3.05, 3.63) is 17.0 Å². The summed E-state index contributed by atoms with van der Waals surface area (Å²) >= 11 is 0. The standard InChI is InChI=1S/C21H35N3O3/c1-7-8-9-18-12-23(13-19(27-18)14(2)3)20(26)10-11-24-16(5)21(17(6)25)15(4)22-24/h14,18-19H,7-13H2,1-6H3/t18-,19-/m1/s1. The number of unbranched alkanes of at least 4 members (excludes halogenated alkanes) is 1. The number of hydrogen-bond acceptors (Lipinski definition) is 4. The lowest BCUT2D eigenvalue weighted by molar-refractivity contribution is -0.150. The van der Waals surface area contributed by atoms with E-state index in [9.17, 15) is 9.59 Å². The number of aromatic nitrogens is 2. The number of ether oxygens (including phenoxy) is 1. The first-order valence-corrected chi connectivity index (χ1v) is 10.2. The summed E-state index contributed by atoms with van der Waals surface area (Å²) in [6.45, 7) is 13.6. The van der Waals surface area contributed by atoms with Gasteiger partial charge in [0.1, 0.15) is 0 Å². The minimum Gasteiger partial charge on any atom is -0.371 e. The molecule has 6 nitrogen and oxygen atoms in total. The summed E-state index contributed by atoms with van der Waals surface area (Å²) in [6, 6.07) is 0. The first kappa shape index (κ1) is 21.6. The molecule has 1 aliphatic rings. The molecule has 0 spiro atoms. The molecule has 2 atom stereocenters.